The molecule has 1 heterocycles. The molecule has 7 heteroatoms. The molecule has 34 heavy (non-hydrogen) atoms. The third kappa shape index (κ3) is 5.68. The first-order chi connectivity index (χ1) is 16.6. The van der Waals surface area contributed by atoms with Crippen LogP contribution in [0.5, 0.6) is 0 Å². The highest BCUT2D eigenvalue weighted by molar-refractivity contribution is 7.99. The van der Waals surface area contributed by atoms with E-state index in [1.54, 1.807) is 42.7 Å². The number of benzene rings is 3. The summed E-state index contributed by atoms with van der Waals surface area (Å²) in [4.78, 5) is 30.8. The monoisotopic (exact) mass is 464 g/mol. The number of anilines is 1. The van der Waals surface area contributed by atoms with E-state index in [0.717, 1.165) is 15.4 Å². The van der Waals surface area contributed by atoms with Gasteiger partial charge >= 0.3 is 0 Å². The number of nitriles is 1. The lowest BCUT2D eigenvalue weighted by Crippen LogP contribution is -2.23. The van der Waals surface area contributed by atoms with Gasteiger partial charge in [-0.25, -0.2) is 0 Å². The van der Waals surface area contributed by atoms with Gasteiger partial charge in [0.2, 0.25) is 0 Å². The van der Waals surface area contributed by atoms with Crippen LogP contribution >= 0.6 is 11.8 Å². The molecule has 2 amide bonds. The van der Waals surface area contributed by atoms with E-state index in [1.807, 2.05) is 54.6 Å². The quantitative estimate of drug-likeness (QED) is 0.388. The van der Waals surface area contributed by atoms with Crippen molar-refractivity contribution in [3.63, 3.8) is 0 Å². The smallest absolute Gasteiger partial charge is 0.255 e. The molecule has 4 aromatic rings. The first kappa shape index (κ1) is 22.8. The summed E-state index contributed by atoms with van der Waals surface area (Å²) in [6.07, 6.45) is 3.13. The van der Waals surface area contributed by atoms with Gasteiger partial charge in [-0.05, 0) is 54.1 Å². The van der Waals surface area contributed by atoms with Crippen molar-refractivity contribution >= 4 is 29.3 Å². The van der Waals surface area contributed by atoms with Crippen LogP contribution in [0.25, 0.3) is 0 Å². The lowest BCUT2D eigenvalue weighted by Gasteiger charge is -2.12. The zero-order valence-electron chi connectivity index (χ0n) is 18.1. The van der Waals surface area contributed by atoms with Gasteiger partial charge in [0.1, 0.15) is 6.07 Å². The van der Waals surface area contributed by atoms with Crippen LogP contribution in [0.15, 0.2) is 107 Å². The van der Waals surface area contributed by atoms with Crippen molar-refractivity contribution in [1.29, 1.82) is 5.26 Å². The van der Waals surface area contributed by atoms with E-state index < -0.39 is 0 Å². The second-order valence-corrected chi connectivity index (χ2v) is 8.36. The van der Waals surface area contributed by atoms with E-state index in [-0.39, 0.29) is 11.8 Å². The zero-order chi connectivity index (χ0) is 23.8. The fraction of sp³-hybridized carbons (Fsp3) is 0.0370. The molecule has 0 spiro atoms. The van der Waals surface area contributed by atoms with Crippen molar-refractivity contribution in [3.8, 4) is 6.07 Å². The van der Waals surface area contributed by atoms with Gasteiger partial charge in [0.15, 0.2) is 0 Å². The SMILES string of the molecule is N#Cc1ccccc1Sc1ccccc1C(=O)NCc1cccc(NC(=O)c2ccncc2)c1. The highest BCUT2D eigenvalue weighted by Gasteiger charge is 2.14. The van der Waals surface area contributed by atoms with Crippen LogP contribution in [0, 0.1) is 11.3 Å². The number of aromatic nitrogens is 1. The molecule has 0 saturated heterocycles. The van der Waals surface area contributed by atoms with Crippen molar-refractivity contribution < 1.29 is 9.59 Å². The number of pyridine rings is 1. The Morgan fingerprint density at radius 3 is 2.38 bits per heavy atom. The summed E-state index contributed by atoms with van der Waals surface area (Å²) in [6.45, 7) is 0.297. The zero-order valence-corrected chi connectivity index (χ0v) is 18.9. The van der Waals surface area contributed by atoms with E-state index in [1.165, 1.54) is 11.8 Å². The molecule has 0 fully saturated rings. The number of carbonyl (C=O) groups is 2. The van der Waals surface area contributed by atoms with Gasteiger partial charge in [-0.1, -0.05) is 48.2 Å². The van der Waals surface area contributed by atoms with Crippen LogP contribution in [-0.4, -0.2) is 16.8 Å². The molecular weight excluding hydrogens is 444 g/mol. The molecule has 0 saturated carbocycles. The first-order valence-corrected chi connectivity index (χ1v) is 11.3. The summed E-state index contributed by atoms with van der Waals surface area (Å²) in [5.74, 6) is -0.448. The normalized spacial score (nSPS) is 10.2. The maximum Gasteiger partial charge on any atom is 0.255 e. The first-order valence-electron chi connectivity index (χ1n) is 10.5. The van der Waals surface area contributed by atoms with E-state index in [9.17, 15) is 14.9 Å². The Morgan fingerprint density at radius 1 is 0.853 bits per heavy atom. The second-order valence-electron chi connectivity index (χ2n) is 7.28. The van der Waals surface area contributed by atoms with E-state index in [4.69, 9.17) is 0 Å². The van der Waals surface area contributed by atoms with Gasteiger partial charge in [-0.2, -0.15) is 5.26 Å². The Kier molecular flexibility index (Phi) is 7.33. The minimum Gasteiger partial charge on any atom is -0.348 e. The van der Waals surface area contributed by atoms with Gasteiger partial charge in [-0.15, -0.1) is 0 Å². The van der Waals surface area contributed by atoms with Crippen LogP contribution in [0.1, 0.15) is 31.8 Å². The minimum atomic E-state index is -0.229. The van der Waals surface area contributed by atoms with E-state index >= 15 is 0 Å². The van der Waals surface area contributed by atoms with E-state index in [0.29, 0.717) is 28.9 Å². The number of rotatable bonds is 7. The molecule has 0 aliphatic heterocycles. The summed E-state index contributed by atoms with van der Waals surface area (Å²) in [5.41, 5.74) is 3.09. The minimum absolute atomic E-state index is 0.219. The Bertz CT molecular complexity index is 1370. The number of hydrogen-bond donors (Lipinski definition) is 2. The number of carbonyl (C=O) groups excluding carboxylic acids is 2. The lowest BCUT2D eigenvalue weighted by atomic mass is 10.1. The van der Waals surface area contributed by atoms with Gasteiger partial charge in [0, 0.05) is 40.0 Å². The largest absolute Gasteiger partial charge is 0.348 e. The second kappa shape index (κ2) is 10.9. The van der Waals surface area contributed by atoms with Crippen LogP contribution in [0.2, 0.25) is 0 Å². The van der Waals surface area contributed by atoms with Crippen molar-refractivity contribution in [2.75, 3.05) is 5.32 Å². The van der Waals surface area contributed by atoms with Crippen molar-refractivity contribution in [3.05, 3.63) is 120 Å². The average molecular weight is 465 g/mol. The summed E-state index contributed by atoms with van der Waals surface area (Å²) < 4.78 is 0. The Balaban J connectivity index is 1.43. The molecule has 4 rings (SSSR count). The highest BCUT2D eigenvalue weighted by atomic mass is 32.2. The third-order valence-corrected chi connectivity index (χ3v) is 6.09. The molecule has 0 bridgehead atoms. The molecule has 0 radical (unpaired) electrons. The molecular formula is C27H20N4O2S. The Hall–Kier alpha value is -4.41. The maximum atomic E-state index is 13.0. The predicted octanol–water partition coefficient (Wildman–Crippen LogP) is 5.29. The van der Waals surface area contributed by atoms with Crippen molar-refractivity contribution in [1.82, 2.24) is 10.3 Å². The average Bonchev–Trinajstić information content (AvgIpc) is 2.88. The summed E-state index contributed by atoms with van der Waals surface area (Å²) in [6, 6.07) is 27.4. The predicted molar refractivity (Wildman–Crippen MR) is 132 cm³/mol. The summed E-state index contributed by atoms with van der Waals surface area (Å²) >= 11 is 1.39. The van der Waals surface area contributed by atoms with Crippen LogP contribution in [-0.2, 0) is 6.54 Å². The Labute approximate surface area is 201 Å². The lowest BCUT2D eigenvalue weighted by molar-refractivity contribution is 0.0947. The van der Waals surface area contributed by atoms with Crippen molar-refractivity contribution in [2.24, 2.45) is 0 Å². The molecule has 0 unspecified atom stereocenters. The fourth-order valence-electron chi connectivity index (χ4n) is 3.25. The van der Waals surface area contributed by atoms with Crippen LogP contribution in [0.4, 0.5) is 5.69 Å². The van der Waals surface area contributed by atoms with Crippen LogP contribution in [0.3, 0.4) is 0 Å². The molecule has 1 aromatic heterocycles. The highest BCUT2D eigenvalue weighted by Crippen LogP contribution is 2.32. The number of nitrogens with zero attached hydrogens (tertiary/aromatic N) is 2. The van der Waals surface area contributed by atoms with Gasteiger partial charge in [-0.3, -0.25) is 14.6 Å². The van der Waals surface area contributed by atoms with Gasteiger partial charge in [0.05, 0.1) is 11.1 Å². The molecule has 6 nitrogen and oxygen atoms in total. The molecule has 3 aromatic carbocycles. The summed E-state index contributed by atoms with van der Waals surface area (Å²) in [5, 5.41) is 15.2. The summed E-state index contributed by atoms with van der Waals surface area (Å²) in [7, 11) is 0. The molecule has 2 N–H and O–H groups in total. The van der Waals surface area contributed by atoms with Crippen LogP contribution < -0.4 is 10.6 Å². The topological polar surface area (TPSA) is 94.9 Å². The molecule has 166 valence electrons. The standard InChI is InChI=1S/C27H20N4O2S/c28-17-21-7-1-3-10-24(21)34-25-11-4-2-9-23(25)27(33)30-18-19-6-5-8-22(16-19)31-26(32)20-12-14-29-15-13-20/h1-16H,18H2,(H,30,33)(H,31,32). The maximum absolute atomic E-state index is 13.0. The number of hydrogen-bond acceptors (Lipinski definition) is 5. The Morgan fingerprint density at radius 2 is 1.59 bits per heavy atom. The third-order valence-electron chi connectivity index (χ3n) is 4.94. The van der Waals surface area contributed by atoms with Crippen molar-refractivity contribution in [2.45, 2.75) is 16.3 Å². The molecule has 0 aliphatic rings. The molecule has 0 aliphatic carbocycles. The van der Waals surface area contributed by atoms with Gasteiger partial charge < -0.3 is 10.6 Å². The number of amides is 2. The molecule has 0 atom stereocenters. The fourth-order valence-corrected chi connectivity index (χ4v) is 4.28. The van der Waals surface area contributed by atoms with Gasteiger partial charge in [0.25, 0.3) is 11.8 Å². The van der Waals surface area contributed by atoms with E-state index in [2.05, 4.69) is 21.7 Å². The number of nitrogens with one attached hydrogen (secondary N) is 2.